The van der Waals surface area contributed by atoms with Crippen LogP contribution in [0.25, 0.3) is 0 Å². The number of rotatable bonds is 6. The monoisotopic (exact) mass is 331 g/mol. The fraction of sp³-hybridized carbons (Fsp3) is 0.579. The van der Waals surface area contributed by atoms with Crippen LogP contribution in [0.5, 0.6) is 0 Å². The van der Waals surface area contributed by atoms with E-state index in [-0.39, 0.29) is 23.9 Å². The standard InChI is InChI=1S/C19H29N3O2/c1-14(2)16(20)11-13-21(3)19(24)17-10-7-12-22(17)18(23)15-8-5-4-6-9-15/h4-6,8-9,14,16-17H,7,10-13,20H2,1-3H3. The lowest BCUT2D eigenvalue weighted by Crippen LogP contribution is -2.47. The summed E-state index contributed by atoms with van der Waals surface area (Å²) in [5, 5.41) is 0. The molecule has 5 heteroatoms. The molecule has 0 saturated carbocycles. The third-order valence-electron chi connectivity index (χ3n) is 4.85. The van der Waals surface area contributed by atoms with Gasteiger partial charge < -0.3 is 15.5 Å². The predicted octanol–water partition coefficient (Wildman–Crippen LogP) is 2.12. The Balaban J connectivity index is 1.99. The van der Waals surface area contributed by atoms with E-state index in [0.29, 0.717) is 24.6 Å². The van der Waals surface area contributed by atoms with E-state index >= 15 is 0 Å². The Kier molecular flexibility index (Phi) is 6.37. The molecule has 5 nitrogen and oxygen atoms in total. The molecule has 132 valence electrons. The van der Waals surface area contributed by atoms with Crippen LogP contribution in [0, 0.1) is 5.92 Å². The number of nitrogens with two attached hydrogens (primary N) is 1. The summed E-state index contributed by atoms with van der Waals surface area (Å²) in [4.78, 5) is 28.9. The van der Waals surface area contributed by atoms with Gasteiger partial charge in [-0.05, 0) is 37.3 Å². The van der Waals surface area contributed by atoms with Gasteiger partial charge in [-0.2, -0.15) is 0 Å². The van der Waals surface area contributed by atoms with E-state index in [1.807, 2.05) is 18.2 Å². The van der Waals surface area contributed by atoms with Gasteiger partial charge in [0.2, 0.25) is 5.91 Å². The zero-order valence-electron chi connectivity index (χ0n) is 14.9. The van der Waals surface area contributed by atoms with Gasteiger partial charge in [0.1, 0.15) is 6.04 Å². The van der Waals surface area contributed by atoms with Crippen molar-refractivity contribution in [3.63, 3.8) is 0 Å². The van der Waals surface area contributed by atoms with Crippen molar-refractivity contribution in [2.24, 2.45) is 11.7 Å². The second-order valence-electron chi connectivity index (χ2n) is 6.98. The van der Waals surface area contributed by atoms with Crippen LogP contribution in [0.15, 0.2) is 30.3 Å². The molecule has 1 aliphatic rings. The first-order valence-electron chi connectivity index (χ1n) is 8.78. The van der Waals surface area contributed by atoms with Gasteiger partial charge in [0.25, 0.3) is 5.91 Å². The number of likely N-dealkylation sites (tertiary alicyclic amines) is 1. The summed E-state index contributed by atoms with van der Waals surface area (Å²) in [6.07, 6.45) is 2.38. The summed E-state index contributed by atoms with van der Waals surface area (Å²) < 4.78 is 0. The van der Waals surface area contributed by atoms with Crippen LogP contribution in [-0.2, 0) is 4.79 Å². The molecule has 24 heavy (non-hydrogen) atoms. The molecule has 2 N–H and O–H groups in total. The van der Waals surface area contributed by atoms with E-state index in [0.717, 1.165) is 19.3 Å². The van der Waals surface area contributed by atoms with Crippen molar-refractivity contribution in [1.29, 1.82) is 0 Å². The molecule has 0 aliphatic carbocycles. The Hall–Kier alpha value is -1.88. The molecule has 1 aromatic rings. The van der Waals surface area contributed by atoms with Gasteiger partial charge in [0.05, 0.1) is 0 Å². The molecule has 2 rings (SSSR count). The molecule has 0 radical (unpaired) electrons. The minimum absolute atomic E-state index is 0.0211. The van der Waals surface area contributed by atoms with Gasteiger partial charge >= 0.3 is 0 Å². The summed E-state index contributed by atoms with van der Waals surface area (Å²) in [6.45, 7) is 5.44. The van der Waals surface area contributed by atoms with Gasteiger partial charge in [-0.3, -0.25) is 9.59 Å². The predicted molar refractivity (Wildman–Crippen MR) is 95.6 cm³/mol. The van der Waals surface area contributed by atoms with E-state index in [1.165, 1.54) is 0 Å². The van der Waals surface area contributed by atoms with Crippen molar-refractivity contribution in [3.8, 4) is 0 Å². The zero-order valence-corrected chi connectivity index (χ0v) is 14.9. The molecule has 0 spiro atoms. The second kappa shape index (κ2) is 8.29. The van der Waals surface area contributed by atoms with Crippen LogP contribution in [-0.4, -0.2) is 53.8 Å². The van der Waals surface area contributed by atoms with Gasteiger partial charge in [-0.1, -0.05) is 32.0 Å². The first-order valence-corrected chi connectivity index (χ1v) is 8.78. The molecule has 1 saturated heterocycles. The lowest BCUT2D eigenvalue weighted by Gasteiger charge is -2.29. The molecular formula is C19H29N3O2. The summed E-state index contributed by atoms with van der Waals surface area (Å²) in [5.74, 6) is 0.364. The highest BCUT2D eigenvalue weighted by molar-refractivity contribution is 5.97. The molecule has 2 unspecified atom stereocenters. The average molecular weight is 331 g/mol. The third-order valence-corrected chi connectivity index (χ3v) is 4.85. The number of hydrogen-bond donors (Lipinski definition) is 1. The van der Waals surface area contributed by atoms with Crippen molar-refractivity contribution in [3.05, 3.63) is 35.9 Å². The maximum atomic E-state index is 12.8. The van der Waals surface area contributed by atoms with Gasteiger partial charge in [0.15, 0.2) is 0 Å². The van der Waals surface area contributed by atoms with Crippen molar-refractivity contribution in [2.75, 3.05) is 20.1 Å². The average Bonchev–Trinajstić information content (AvgIpc) is 3.08. The minimum Gasteiger partial charge on any atom is -0.344 e. The molecule has 2 amide bonds. The van der Waals surface area contributed by atoms with Crippen LogP contribution in [0.2, 0.25) is 0 Å². The Morgan fingerprint density at radius 3 is 2.58 bits per heavy atom. The topological polar surface area (TPSA) is 66.6 Å². The Morgan fingerprint density at radius 1 is 1.29 bits per heavy atom. The van der Waals surface area contributed by atoms with E-state index in [9.17, 15) is 9.59 Å². The van der Waals surface area contributed by atoms with Crippen molar-refractivity contribution in [1.82, 2.24) is 9.80 Å². The maximum absolute atomic E-state index is 12.8. The molecule has 0 bridgehead atoms. The van der Waals surface area contributed by atoms with Crippen molar-refractivity contribution >= 4 is 11.8 Å². The lowest BCUT2D eigenvalue weighted by molar-refractivity contribution is -0.134. The van der Waals surface area contributed by atoms with E-state index < -0.39 is 0 Å². The molecule has 1 aliphatic heterocycles. The lowest BCUT2D eigenvalue weighted by atomic mass is 10.0. The Labute approximate surface area is 144 Å². The SMILES string of the molecule is CC(C)C(N)CCN(C)C(=O)C1CCCN1C(=O)c1ccccc1. The quantitative estimate of drug-likeness (QED) is 0.868. The van der Waals surface area contributed by atoms with Crippen molar-refractivity contribution in [2.45, 2.75) is 45.2 Å². The number of carbonyl (C=O) groups excluding carboxylic acids is 2. The number of amides is 2. The largest absolute Gasteiger partial charge is 0.344 e. The minimum atomic E-state index is -0.349. The number of carbonyl (C=O) groups is 2. The molecule has 1 heterocycles. The number of benzene rings is 1. The summed E-state index contributed by atoms with van der Waals surface area (Å²) in [6, 6.07) is 8.92. The van der Waals surface area contributed by atoms with Crippen LogP contribution < -0.4 is 5.73 Å². The van der Waals surface area contributed by atoms with Gasteiger partial charge in [-0.25, -0.2) is 0 Å². The Morgan fingerprint density at radius 2 is 1.96 bits per heavy atom. The number of hydrogen-bond acceptors (Lipinski definition) is 3. The molecular weight excluding hydrogens is 302 g/mol. The van der Waals surface area contributed by atoms with Crippen LogP contribution in [0.1, 0.15) is 43.5 Å². The summed E-state index contributed by atoms with van der Waals surface area (Å²) in [5.41, 5.74) is 6.71. The van der Waals surface area contributed by atoms with Crippen LogP contribution in [0.3, 0.4) is 0 Å². The molecule has 1 fully saturated rings. The van der Waals surface area contributed by atoms with E-state index in [1.54, 1.807) is 29.0 Å². The summed E-state index contributed by atoms with van der Waals surface area (Å²) >= 11 is 0. The Bertz CT molecular complexity index is 559. The van der Waals surface area contributed by atoms with Gasteiger partial charge in [0, 0.05) is 31.7 Å². The third kappa shape index (κ3) is 4.35. The fourth-order valence-corrected chi connectivity index (χ4v) is 3.05. The molecule has 1 aromatic carbocycles. The fourth-order valence-electron chi connectivity index (χ4n) is 3.05. The van der Waals surface area contributed by atoms with Crippen molar-refractivity contribution < 1.29 is 9.59 Å². The first-order chi connectivity index (χ1) is 11.4. The number of nitrogens with zero attached hydrogens (tertiary/aromatic N) is 2. The highest BCUT2D eigenvalue weighted by Gasteiger charge is 2.35. The van der Waals surface area contributed by atoms with Crippen LogP contribution in [0.4, 0.5) is 0 Å². The molecule has 0 aromatic heterocycles. The highest BCUT2D eigenvalue weighted by Crippen LogP contribution is 2.22. The van der Waals surface area contributed by atoms with E-state index in [4.69, 9.17) is 5.73 Å². The first kappa shape index (κ1) is 18.5. The smallest absolute Gasteiger partial charge is 0.254 e. The summed E-state index contributed by atoms with van der Waals surface area (Å²) in [7, 11) is 1.80. The maximum Gasteiger partial charge on any atom is 0.254 e. The van der Waals surface area contributed by atoms with Gasteiger partial charge in [-0.15, -0.1) is 0 Å². The van der Waals surface area contributed by atoms with Crippen LogP contribution >= 0.6 is 0 Å². The van der Waals surface area contributed by atoms with E-state index in [2.05, 4.69) is 13.8 Å². The molecule has 2 atom stereocenters. The highest BCUT2D eigenvalue weighted by atomic mass is 16.2. The second-order valence-corrected chi connectivity index (χ2v) is 6.98. The zero-order chi connectivity index (χ0) is 17.7. The number of likely N-dealkylation sites (N-methyl/N-ethyl adjacent to an activating group) is 1. The normalized spacial score (nSPS) is 18.7.